The van der Waals surface area contributed by atoms with Gasteiger partial charge in [-0.3, -0.25) is 0 Å². The Kier molecular flexibility index (Phi) is 6.52. The molecule has 5 nitrogen and oxygen atoms in total. The zero-order valence-electron chi connectivity index (χ0n) is 12.3. The van der Waals surface area contributed by atoms with Crippen molar-refractivity contribution in [3.63, 3.8) is 0 Å². The standard InChI is InChI=1S/C13H16F5N3O2/c1-7(2)10(13(16,17)18)21-12(22)20-6-8-3-4-19-9(5-8)23-11(14)15/h3-5,7,10-11H,6H2,1-2H3,(H2,20,21,22). The van der Waals surface area contributed by atoms with Crippen molar-refractivity contribution in [2.24, 2.45) is 5.92 Å². The highest BCUT2D eigenvalue weighted by Gasteiger charge is 2.42. The van der Waals surface area contributed by atoms with Crippen LogP contribution in [0.2, 0.25) is 0 Å². The van der Waals surface area contributed by atoms with Crippen LogP contribution < -0.4 is 15.4 Å². The molecule has 23 heavy (non-hydrogen) atoms. The molecule has 0 fully saturated rings. The Labute approximate surface area is 129 Å². The monoisotopic (exact) mass is 341 g/mol. The third kappa shape index (κ3) is 6.66. The Bertz CT molecular complexity index is 523. The van der Waals surface area contributed by atoms with Gasteiger partial charge in [0.05, 0.1) is 0 Å². The van der Waals surface area contributed by atoms with Gasteiger partial charge in [0.2, 0.25) is 5.88 Å². The van der Waals surface area contributed by atoms with Gasteiger partial charge < -0.3 is 15.4 Å². The number of rotatable bonds is 6. The van der Waals surface area contributed by atoms with Crippen molar-refractivity contribution in [1.29, 1.82) is 0 Å². The van der Waals surface area contributed by atoms with E-state index < -0.39 is 30.8 Å². The molecule has 2 N–H and O–H groups in total. The molecule has 0 radical (unpaired) electrons. The smallest absolute Gasteiger partial charge is 0.408 e. The third-order valence-corrected chi connectivity index (χ3v) is 2.77. The van der Waals surface area contributed by atoms with Crippen LogP contribution in [0, 0.1) is 5.92 Å². The first-order valence-electron chi connectivity index (χ1n) is 6.60. The van der Waals surface area contributed by atoms with Gasteiger partial charge >= 0.3 is 18.8 Å². The molecule has 0 saturated carbocycles. The Morgan fingerprint density at radius 3 is 2.52 bits per heavy atom. The Balaban J connectivity index is 2.59. The lowest BCUT2D eigenvalue weighted by molar-refractivity contribution is -0.162. The summed E-state index contributed by atoms with van der Waals surface area (Å²) >= 11 is 0. The summed E-state index contributed by atoms with van der Waals surface area (Å²) < 4.78 is 66.4. The Morgan fingerprint density at radius 2 is 2.00 bits per heavy atom. The second-order valence-electron chi connectivity index (χ2n) is 4.97. The van der Waals surface area contributed by atoms with Crippen molar-refractivity contribution in [2.75, 3.05) is 0 Å². The molecule has 0 spiro atoms. The molecule has 0 aliphatic heterocycles. The Hall–Kier alpha value is -2.13. The fraction of sp³-hybridized carbons (Fsp3) is 0.538. The van der Waals surface area contributed by atoms with E-state index in [2.05, 4.69) is 15.0 Å². The minimum Gasteiger partial charge on any atom is -0.417 e. The fourth-order valence-corrected chi connectivity index (χ4v) is 1.72. The molecule has 1 rings (SSSR count). The maximum atomic E-state index is 12.7. The maximum Gasteiger partial charge on any atom is 0.408 e. The number of halogens is 5. The van der Waals surface area contributed by atoms with E-state index in [0.29, 0.717) is 5.56 Å². The van der Waals surface area contributed by atoms with Crippen molar-refractivity contribution >= 4 is 6.03 Å². The molecule has 0 saturated heterocycles. The summed E-state index contributed by atoms with van der Waals surface area (Å²) in [5, 5.41) is 4.05. The first-order valence-corrected chi connectivity index (χ1v) is 6.60. The van der Waals surface area contributed by atoms with Gasteiger partial charge in [-0.1, -0.05) is 13.8 Å². The van der Waals surface area contributed by atoms with Crippen LogP contribution in [0.3, 0.4) is 0 Å². The van der Waals surface area contributed by atoms with Crippen molar-refractivity contribution in [3.05, 3.63) is 23.9 Å². The van der Waals surface area contributed by atoms with Gasteiger partial charge in [0.25, 0.3) is 0 Å². The van der Waals surface area contributed by atoms with Crippen LogP contribution in [-0.4, -0.2) is 29.8 Å². The summed E-state index contributed by atoms with van der Waals surface area (Å²) in [6.45, 7) is -0.561. The van der Waals surface area contributed by atoms with E-state index in [4.69, 9.17) is 0 Å². The van der Waals surface area contributed by atoms with Crippen molar-refractivity contribution in [1.82, 2.24) is 15.6 Å². The summed E-state index contributed by atoms with van der Waals surface area (Å²) in [6, 6.07) is -0.454. The number of alkyl halides is 5. The molecular formula is C13H16F5N3O2. The number of urea groups is 1. The molecule has 1 aromatic heterocycles. The van der Waals surface area contributed by atoms with Crippen molar-refractivity contribution in [3.8, 4) is 5.88 Å². The SMILES string of the molecule is CC(C)C(NC(=O)NCc1ccnc(OC(F)F)c1)C(F)(F)F. The van der Waals surface area contributed by atoms with Crippen molar-refractivity contribution in [2.45, 2.75) is 39.2 Å². The van der Waals surface area contributed by atoms with Gasteiger partial charge in [0.1, 0.15) is 6.04 Å². The highest BCUT2D eigenvalue weighted by Crippen LogP contribution is 2.25. The number of hydrogen-bond donors (Lipinski definition) is 2. The molecule has 0 aliphatic rings. The summed E-state index contributed by atoms with van der Waals surface area (Å²) in [6.07, 6.45) is -3.39. The Morgan fingerprint density at radius 1 is 1.35 bits per heavy atom. The number of aromatic nitrogens is 1. The number of hydrogen-bond acceptors (Lipinski definition) is 3. The van der Waals surface area contributed by atoms with E-state index in [1.807, 2.05) is 5.32 Å². The molecule has 1 heterocycles. The second-order valence-corrected chi connectivity index (χ2v) is 4.97. The number of ether oxygens (including phenoxy) is 1. The van der Waals surface area contributed by atoms with Gasteiger partial charge in [0.15, 0.2) is 0 Å². The number of carbonyl (C=O) groups excluding carboxylic acids is 1. The lowest BCUT2D eigenvalue weighted by Gasteiger charge is -2.25. The van der Waals surface area contributed by atoms with Gasteiger partial charge in [-0.2, -0.15) is 22.0 Å². The topological polar surface area (TPSA) is 63.2 Å². The van der Waals surface area contributed by atoms with Gasteiger partial charge in [-0.25, -0.2) is 9.78 Å². The third-order valence-electron chi connectivity index (χ3n) is 2.77. The summed E-state index contributed by atoms with van der Waals surface area (Å²) in [5.74, 6) is -1.19. The van der Waals surface area contributed by atoms with Crippen LogP contribution in [0.5, 0.6) is 5.88 Å². The molecule has 10 heteroatoms. The summed E-state index contributed by atoms with van der Waals surface area (Å²) in [5.41, 5.74) is 0.346. The molecule has 0 aromatic carbocycles. The predicted octanol–water partition coefficient (Wildman–Crippen LogP) is 3.07. The lowest BCUT2D eigenvalue weighted by atomic mass is 10.0. The minimum absolute atomic E-state index is 0.170. The number of amides is 2. The zero-order valence-corrected chi connectivity index (χ0v) is 12.3. The predicted molar refractivity (Wildman–Crippen MR) is 70.9 cm³/mol. The second kappa shape index (κ2) is 7.93. The largest absolute Gasteiger partial charge is 0.417 e. The normalized spacial score (nSPS) is 13.1. The summed E-state index contributed by atoms with van der Waals surface area (Å²) in [7, 11) is 0. The van der Waals surface area contributed by atoms with Crippen LogP contribution in [0.15, 0.2) is 18.3 Å². The minimum atomic E-state index is -4.57. The van der Waals surface area contributed by atoms with E-state index >= 15 is 0 Å². The number of pyridine rings is 1. The number of nitrogens with one attached hydrogen (secondary N) is 2. The van der Waals surface area contributed by atoms with Gasteiger partial charge in [-0.05, 0) is 17.5 Å². The highest BCUT2D eigenvalue weighted by molar-refractivity contribution is 5.74. The van der Waals surface area contributed by atoms with E-state index in [9.17, 15) is 26.7 Å². The van der Waals surface area contributed by atoms with Crippen LogP contribution in [0.25, 0.3) is 0 Å². The summed E-state index contributed by atoms with van der Waals surface area (Å²) in [4.78, 5) is 15.1. The molecule has 0 aliphatic carbocycles. The first kappa shape index (κ1) is 18.9. The molecular weight excluding hydrogens is 325 g/mol. The van der Waals surface area contributed by atoms with Crippen LogP contribution in [0.1, 0.15) is 19.4 Å². The average Bonchev–Trinajstić information content (AvgIpc) is 2.40. The zero-order chi connectivity index (χ0) is 17.6. The molecule has 1 aromatic rings. The molecule has 130 valence electrons. The number of carbonyl (C=O) groups is 1. The van der Waals surface area contributed by atoms with Crippen molar-refractivity contribution < 1.29 is 31.5 Å². The fourth-order valence-electron chi connectivity index (χ4n) is 1.72. The van der Waals surface area contributed by atoms with E-state index in [0.717, 1.165) is 6.07 Å². The molecule has 1 unspecified atom stereocenters. The van der Waals surface area contributed by atoms with Gasteiger partial charge in [-0.15, -0.1) is 0 Å². The van der Waals surface area contributed by atoms with E-state index in [1.165, 1.54) is 26.1 Å². The quantitative estimate of drug-likeness (QED) is 0.782. The molecule has 1 atom stereocenters. The van der Waals surface area contributed by atoms with Crippen LogP contribution >= 0.6 is 0 Å². The lowest BCUT2D eigenvalue weighted by Crippen LogP contribution is -2.51. The van der Waals surface area contributed by atoms with Crippen LogP contribution in [-0.2, 0) is 6.54 Å². The number of nitrogens with zero attached hydrogens (tertiary/aromatic N) is 1. The van der Waals surface area contributed by atoms with Crippen LogP contribution in [0.4, 0.5) is 26.7 Å². The molecule has 2 amide bonds. The molecule has 0 bridgehead atoms. The average molecular weight is 341 g/mol. The van der Waals surface area contributed by atoms with E-state index in [1.54, 1.807) is 0 Å². The first-order chi connectivity index (χ1) is 10.6. The van der Waals surface area contributed by atoms with Gasteiger partial charge in [0, 0.05) is 18.8 Å². The highest BCUT2D eigenvalue weighted by atomic mass is 19.4. The van der Waals surface area contributed by atoms with E-state index in [-0.39, 0.29) is 12.4 Å². The maximum absolute atomic E-state index is 12.7.